The molecule has 3 aromatic rings. The molecular weight excluding hydrogens is 274 g/mol. The van der Waals surface area contributed by atoms with Crippen LogP contribution in [0.15, 0.2) is 34.2 Å². The summed E-state index contributed by atoms with van der Waals surface area (Å²) >= 11 is 1.60. The molecule has 3 rings (SSSR count). The Hall–Kier alpha value is -1.92. The van der Waals surface area contributed by atoms with Gasteiger partial charge in [-0.2, -0.15) is 5.10 Å². The fourth-order valence-electron chi connectivity index (χ4n) is 1.92. The molecule has 1 unspecified atom stereocenters. The van der Waals surface area contributed by atoms with Crippen molar-refractivity contribution in [2.75, 3.05) is 0 Å². The van der Waals surface area contributed by atoms with Gasteiger partial charge in [-0.3, -0.25) is 4.68 Å². The van der Waals surface area contributed by atoms with Crippen molar-refractivity contribution >= 4 is 11.3 Å². The van der Waals surface area contributed by atoms with Gasteiger partial charge in [0.2, 0.25) is 5.89 Å². The predicted octanol–water partition coefficient (Wildman–Crippen LogP) is 3.01. The third-order valence-electron chi connectivity index (χ3n) is 3.03. The molecule has 0 amide bonds. The number of aliphatic hydroxyl groups is 1. The zero-order valence-corrected chi connectivity index (χ0v) is 12.1. The van der Waals surface area contributed by atoms with Gasteiger partial charge in [-0.15, -0.1) is 11.3 Å². The van der Waals surface area contributed by atoms with Crippen LogP contribution in [0.1, 0.15) is 30.2 Å². The molecule has 0 aromatic carbocycles. The Balaban J connectivity index is 1.83. The summed E-state index contributed by atoms with van der Waals surface area (Å²) in [5.41, 5.74) is 1.51. The summed E-state index contributed by atoms with van der Waals surface area (Å²) in [4.78, 5) is 5.54. The minimum Gasteiger partial charge on any atom is -0.440 e. The van der Waals surface area contributed by atoms with Gasteiger partial charge in [-0.05, 0) is 31.4 Å². The molecule has 0 aliphatic rings. The molecule has 1 N–H and O–H groups in total. The number of oxazole rings is 1. The average Bonchev–Trinajstić information content (AvgIpc) is 3.11. The van der Waals surface area contributed by atoms with Gasteiger partial charge in [-0.1, -0.05) is 6.07 Å². The minimum atomic E-state index is -0.559. The summed E-state index contributed by atoms with van der Waals surface area (Å²) in [6.07, 6.45) is 1.28. The molecular formula is C14H15N3O2S. The van der Waals surface area contributed by atoms with Crippen LogP contribution in [-0.4, -0.2) is 19.9 Å². The van der Waals surface area contributed by atoms with Crippen molar-refractivity contribution in [3.8, 4) is 10.8 Å². The van der Waals surface area contributed by atoms with Gasteiger partial charge in [0.15, 0.2) is 0 Å². The summed E-state index contributed by atoms with van der Waals surface area (Å²) in [5.74, 6) is 1.44. The number of hydrogen-bond acceptors (Lipinski definition) is 5. The molecule has 0 spiro atoms. The van der Waals surface area contributed by atoms with Crippen molar-refractivity contribution < 1.29 is 9.52 Å². The molecule has 104 valence electrons. The summed E-state index contributed by atoms with van der Waals surface area (Å²) in [7, 11) is 0. The van der Waals surface area contributed by atoms with Crippen LogP contribution < -0.4 is 0 Å². The fraction of sp³-hybridized carbons (Fsp3) is 0.286. The van der Waals surface area contributed by atoms with Crippen molar-refractivity contribution in [3.63, 3.8) is 0 Å². The normalized spacial score (nSPS) is 12.8. The lowest BCUT2D eigenvalue weighted by Gasteiger charge is -2.00. The lowest BCUT2D eigenvalue weighted by atomic mass is 10.3. The van der Waals surface area contributed by atoms with Crippen LogP contribution in [0.3, 0.4) is 0 Å². The average molecular weight is 289 g/mol. The zero-order valence-electron chi connectivity index (χ0n) is 11.3. The molecule has 3 aromatic heterocycles. The highest BCUT2D eigenvalue weighted by molar-refractivity contribution is 7.13. The second-order valence-electron chi connectivity index (χ2n) is 4.61. The lowest BCUT2D eigenvalue weighted by molar-refractivity contribution is 0.193. The highest BCUT2D eigenvalue weighted by Crippen LogP contribution is 2.26. The Labute approximate surface area is 120 Å². The third kappa shape index (κ3) is 2.52. The molecule has 0 aliphatic heterocycles. The standard InChI is InChI=1S/C14H15N3O2S/c1-9(18)11-5-6-17(16-11)8-12-10(2)19-14(15-12)13-4-3-7-20-13/h3-7,9,18H,8H2,1-2H3. The highest BCUT2D eigenvalue weighted by atomic mass is 32.1. The van der Waals surface area contributed by atoms with Gasteiger partial charge in [0.25, 0.3) is 0 Å². The number of hydrogen-bond donors (Lipinski definition) is 1. The number of rotatable bonds is 4. The van der Waals surface area contributed by atoms with E-state index in [1.165, 1.54) is 0 Å². The number of aryl methyl sites for hydroxylation is 1. The van der Waals surface area contributed by atoms with E-state index >= 15 is 0 Å². The number of aliphatic hydroxyl groups excluding tert-OH is 1. The first kappa shape index (κ1) is 13.1. The van der Waals surface area contributed by atoms with Gasteiger partial charge in [0.05, 0.1) is 23.2 Å². The summed E-state index contributed by atoms with van der Waals surface area (Å²) in [6, 6.07) is 5.76. The van der Waals surface area contributed by atoms with Crippen LogP contribution in [-0.2, 0) is 6.54 Å². The molecule has 0 radical (unpaired) electrons. The molecule has 20 heavy (non-hydrogen) atoms. The Bertz CT molecular complexity index is 698. The number of thiophene rings is 1. The second kappa shape index (κ2) is 5.22. The SMILES string of the molecule is Cc1oc(-c2cccs2)nc1Cn1ccc(C(C)O)n1. The van der Waals surface area contributed by atoms with E-state index in [2.05, 4.69) is 10.1 Å². The fourth-order valence-corrected chi connectivity index (χ4v) is 2.57. The van der Waals surface area contributed by atoms with Crippen LogP contribution in [0.5, 0.6) is 0 Å². The molecule has 0 saturated heterocycles. The maximum Gasteiger partial charge on any atom is 0.236 e. The molecule has 0 saturated carbocycles. The smallest absolute Gasteiger partial charge is 0.236 e. The van der Waals surface area contributed by atoms with Crippen molar-refractivity contribution in [1.29, 1.82) is 0 Å². The molecule has 6 heteroatoms. The molecule has 0 aliphatic carbocycles. The van der Waals surface area contributed by atoms with Crippen molar-refractivity contribution in [2.24, 2.45) is 0 Å². The first-order valence-electron chi connectivity index (χ1n) is 6.35. The van der Waals surface area contributed by atoms with E-state index < -0.39 is 6.10 Å². The van der Waals surface area contributed by atoms with Crippen molar-refractivity contribution in [2.45, 2.75) is 26.5 Å². The third-order valence-corrected chi connectivity index (χ3v) is 3.88. The number of aromatic nitrogens is 3. The lowest BCUT2D eigenvalue weighted by Crippen LogP contribution is -2.03. The molecule has 1 atom stereocenters. The van der Waals surface area contributed by atoms with E-state index in [4.69, 9.17) is 4.42 Å². The van der Waals surface area contributed by atoms with Crippen LogP contribution in [0.2, 0.25) is 0 Å². The number of nitrogens with zero attached hydrogens (tertiary/aromatic N) is 3. The van der Waals surface area contributed by atoms with Crippen LogP contribution in [0.4, 0.5) is 0 Å². The van der Waals surface area contributed by atoms with E-state index in [-0.39, 0.29) is 0 Å². The largest absolute Gasteiger partial charge is 0.440 e. The van der Waals surface area contributed by atoms with E-state index in [1.807, 2.05) is 30.6 Å². The van der Waals surface area contributed by atoms with Crippen LogP contribution in [0.25, 0.3) is 10.8 Å². The Morgan fingerprint density at radius 3 is 2.95 bits per heavy atom. The van der Waals surface area contributed by atoms with E-state index in [0.29, 0.717) is 18.1 Å². The van der Waals surface area contributed by atoms with Gasteiger partial charge in [-0.25, -0.2) is 4.98 Å². The zero-order chi connectivity index (χ0) is 14.1. The van der Waals surface area contributed by atoms with Gasteiger partial charge in [0.1, 0.15) is 11.5 Å². The Kier molecular flexibility index (Phi) is 3.42. The summed E-state index contributed by atoms with van der Waals surface area (Å²) in [5, 5.41) is 15.8. The van der Waals surface area contributed by atoms with Gasteiger partial charge >= 0.3 is 0 Å². The quantitative estimate of drug-likeness (QED) is 0.802. The first-order chi connectivity index (χ1) is 9.63. The minimum absolute atomic E-state index is 0.535. The predicted molar refractivity (Wildman–Crippen MR) is 76.5 cm³/mol. The molecule has 3 heterocycles. The highest BCUT2D eigenvalue weighted by Gasteiger charge is 2.13. The van der Waals surface area contributed by atoms with E-state index in [9.17, 15) is 5.11 Å². The summed E-state index contributed by atoms with van der Waals surface area (Å²) < 4.78 is 7.45. The van der Waals surface area contributed by atoms with E-state index in [0.717, 1.165) is 16.3 Å². The first-order valence-corrected chi connectivity index (χ1v) is 7.23. The summed E-state index contributed by atoms with van der Waals surface area (Å²) in [6.45, 7) is 4.13. The van der Waals surface area contributed by atoms with Crippen molar-refractivity contribution in [1.82, 2.24) is 14.8 Å². The van der Waals surface area contributed by atoms with Crippen LogP contribution >= 0.6 is 11.3 Å². The topological polar surface area (TPSA) is 64.1 Å². The van der Waals surface area contributed by atoms with Crippen molar-refractivity contribution in [3.05, 3.63) is 46.9 Å². The van der Waals surface area contributed by atoms with E-state index in [1.54, 1.807) is 29.0 Å². The second-order valence-corrected chi connectivity index (χ2v) is 5.56. The van der Waals surface area contributed by atoms with Gasteiger partial charge < -0.3 is 9.52 Å². The van der Waals surface area contributed by atoms with Crippen LogP contribution in [0, 0.1) is 6.92 Å². The maximum atomic E-state index is 9.48. The molecule has 5 nitrogen and oxygen atoms in total. The Morgan fingerprint density at radius 1 is 1.45 bits per heavy atom. The van der Waals surface area contributed by atoms with Gasteiger partial charge in [0, 0.05) is 6.20 Å². The molecule has 0 fully saturated rings. The maximum absolute atomic E-state index is 9.48. The monoisotopic (exact) mass is 289 g/mol. The Morgan fingerprint density at radius 2 is 2.30 bits per heavy atom. The molecule has 0 bridgehead atoms.